The molecule has 0 aromatic heterocycles. The Morgan fingerprint density at radius 3 is 2.27 bits per heavy atom. The summed E-state index contributed by atoms with van der Waals surface area (Å²) < 4.78 is 24.1. The topological polar surface area (TPSA) is 63.2 Å². The molecule has 0 radical (unpaired) electrons. The predicted octanol–water partition coefficient (Wildman–Crippen LogP) is 0.00480. The number of hydrogen-bond acceptors (Lipinski definition) is 3. The van der Waals surface area contributed by atoms with Crippen LogP contribution in [0.15, 0.2) is 0 Å². The summed E-state index contributed by atoms with van der Waals surface area (Å²) in [6.07, 6.45) is 2.31. The molecule has 11 heavy (non-hydrogen) atoms. The van der Waals surface area contributed by atoms with Gasteiger partial charge in [-0.15, -0.1) is 0 Å². The number of carbonyl (C=O) groups is 1. The standard InChI is InChI=1S/C6H11NO3S/c1-5(8)7-11(9,10)6-3-2-4-6/h6H,2-4H2,1H3,(H,7,8). The summed E-state index contributed by atoms with van der Waals surface area (Å²) in [5.74, 6) is -0.503. The van der Waals surface area contributed by atoms with Crippen molar-refractivity contribution in [3.8, 4) is 0 Å². The average molecular weight is 177 g/mol. The van der Waals surface area contributed by atoms with E-state index in [9.17, 15) is 13.2 Å². The van der Waals surface area contributed by atoms with Gasteiger partial charge in [0, 0.05) is 6.92 Å². The van der Waals surface area contributed by atoms with E-state index >= 15 is 0 Å². The van der Waals surface area contributed by atoms with Crippen LogP contribution < -0.4 is 4.72 Å². The molecule has 0 aromatic carbocycles. The molecule has 5 heteroatoms. The van der Waals surface area contributed by atoms with Gasteiger partial charge in [0.05, 0.1) is 5.25 Å². The molecule has 0 atom stereocenters. The highest BCUT2D eigenvalue weighted by Gasteiger charge is 2.31. The van der Waals surface area contributed by atoms with Crippen molar-refractivity contribution in [3.05, 3.63) is 0 Å². The van der Waals surface area contributed by atoms with Crippen molar-refractivity contribution in [2.75, 3.05) is 0 Å². The fourth-order valence-corrected chi connectivity index (χ4v) is 2.49. The van der Waals surface area contributed by atoms with Gasteiger partial charge in [0.25, 0.3) is 0 Å². The summed E-state index contributed by atoms with van der Waals surface area (Å²) in [4.78, 5) is 10.4. The Morgan fingerprint density at radius 1 is 1.45 bits per heavy atom. The molecule has 0 spiro atoms. The molecular weight excluding hydrogens is 166 g/mol. The van der Waals surface area contributed by atoms with Crippen molar-refractivity contribution in [3.63, 3.8) is 0 Å². The summed E-state index contributed by atoms with van der Waals surface area (Å²) in [6, 6.07) is 0. The van der Waals surface area contributed by atoms with Gasteiger partial charge in [0.1, 0.15) is 0 Å². The molecule has 1 rings (SSSR count). The predicted molar refractivity (Wildman–Crippen MR) is 40.4 cm³/mol. The Kier molecular flexibility index (Phi) is 2.17. The minimum Gasteiger partial charge on any atom is -0.274 e. The monoisotopic (exact) mass is 177 g/mol. The van der Waals surface area contributed by atoms with E-state index in [-0.39, 0.29) is 5.25 Å². The van der Waals surface area contributed by atoms with E-state index in [1.54, 1.807) is 0 Å². The fraction of sp³-hybridized carbons (Fsp3) is 0.833. The first-order valence-electron chi connectivity index (χ1n) is 3.54. The second-order valence-electron chi connectivity index (χ2n) is 2.76. The summed E-state index contributed by atoms with van der Waals surface area (Å²) in [6.45, 7) is 1.20. The van der Waals surface area contributed by atoms with Crippen LogP contribution in [0.25, 0.3) is 0 Å². The maximum absolute atomic E-state index is 11.1. The fourth-order valence-electron chi connectivity index (χ4n) is 0.965. The zero-order chi connectivity index (χ0) is 8.48. The van der Waals surface area contributed by atoms with Gasteiger partial charge in [-0.05, 0) is 12.8 Å². The molecule has 64 valence electrons. The van der Waals surface area contributed by atoms with Gasteiger partial charge in [-0.25, -0.2) is 8.42 Å². The Morgan fingerprint density at radius 2 is 2.00 bits per heavy atom. The molecule has 1 N–H and O–H groups in total. The first-order valence-corrected chi connectivity index (χ1v) is 5.09. The van der Waals surface area contributed by atoms with Gasteiger partial charge in [0.15, 0.2) is 0 Å². The van der Waals surface area contributed by atoms with E-state index in [0.29, 0.717) is 12.8 Å². The molecule has 4 nitrogen and oxygen atoms in total. The number of amides is 1. The van der Waals surface area contributed by atoms with Crippen LogP contribution in [-0.4, -0.2) is 19.6 Å². The van der Waals surface area contributed by atoms with Gasteiger partial charge in [-0.2, -0.15) is 0 Å². The summed E-state index contributed by atoms with van der Waals surface area (Å²) >= 11 is 0. The minimum absolute atomic E-state index is 0.327. The summed E-state index contributed by atoms with van der Waals surface area (Å²) in [5, 5.41) is -0.327. The molecule has 0 saturated heterocycles. The SMILES string of the molecule is CC(=O)NS(=O)(=O)C1CCC1. The van der Waals surface area contributed by atoms with E-state index in [0.717, 1.165) is 6.42 Å². The highest BCUT2D eigenvalue weighted by Crippen LogP contribution is 2.24. The lowest BCUT2D eigenvalue weighted by Crippen LogP contribution is -2.40. The van der Waals surface area contributed by atoms with Crippen molar-refractivity contribution in [2.45, 2.75) is 31.4 Å². The zero-order valence-corrected chi connectivity index (χ0v) is 7.15. The van der Waals surface area contributed by atoms with Crippen LogP contribution in [-0.2, 0) is 14.8 Å². The van der Waals surface area contributed by atoms with E-state index in [1.165, 1.54) is 6.92 Å². The smallest absolute Gasteiger partial charge is 0.237 e. The van der Waals surface area contributed by atoms with Crippen LogP contribution in [0.1, 0.15) is 26.2 Å². The van der Waals surface area contributed by atoms with Crippen LogP contribution in [0, 0.1) is 0 Å². The Hall–Kier alpha value is -0.580. The van der Waals surface area contributed by atoms with E-state index < -0.39 is 15.9 Å². The van der Waals surface area contributed by atoms with Crippen molar-refractivity contribution < 1.29 is 13.2 Å². The van der Waals surface area contributed by atoms with Crippen LogP contribution in [0.5, 0.6) is 0 Å². The van der Waals surface area contributed by atoms with E-state index in [2.05, 4.69) is 0 Å². The lowest BCUT2D eigenvalue weighted by molar-refractivity contribution is -0.117. The molecule has 0 aromatic rings. The van der Waals surface area contributed by atoms with Gasteiger partial charge < -0.3 is 0 Å². The second kappa shape index (κ2) is 2.81. The van der Waals surface area contributed by atoms with Crippen molar-refractivity contribution in [2.24, 2.45) is 0 Å². The number of sulfonamides is 1. The third-order valence-corrected chi connectivity index (χ3v) is 3.70. The average Bonchev–Trinajstić information content (AvgIpc) is 1.50. The van der Waals surface area contributed by atoms with Crippen molar-refractivity contribution in [1.82, 2.24) is 4.72 Å². The molecule has 0 heterocycles. The third-order valence-electron chi connectivity index (χ3n) is 1.78. The molecular formula is C6H11NO3S. The molecule has 1 aliphatic rings. The number of nitrogens with one attached hydrogen (secondary N) is 1. The highest BCUT2D eigenvalue weighted by molar-refractivity contribution is 7.90. The van der Waals surface area contributed by atoms with Crippen LogP contribution in [0.3, 0.4) is 0 Å². The van der Waals surface area contributed by atoms with Gasteiger partial charge >= 0.3 is 0 Å². The van der Waals surface area contributed by atoms with Crippen molar-refractivity contribution in [1.29, 1.82) is 0 Å². The molecule has 1 aliphatic carbocycles. The molecule has 1 saturated carbocycles. The van der Waals surface area contributed by atoms with Gasteiger partial charge in [0.2, 0.25) is 15.9 Å². The van der Waals surface area contributed by atoms with Crippen LogP contribution >= 0.6 is 0 Å². The minimum atomic E-state index is -3.32. The molecule has 1 amide bonds. The Labute approximate surface area is 66.0 Å². The molecule has 0 bridgehead atoms. The molecule has 1 fully saturated rings. The largest absolute Gasteiger partial charge is 0.274 e. The Bertz CT molecular complexity index is 253. The van der Waals surface area contributed by atoms with E-state index in [4.69, 9.17) is 0 Å². The van der Waals surface area contributed by atoms with Crippen LogP contribution in [0.4, 0.5) is 0 Å². The Balaban J connectivity index is 2.59. The quantitative estimate of drug-likeness (QED) is 0.646. The summed E-state index contributed by atoms with van der Waals surface area (Å²) in [5.41, 5.74) is 0. The maximum Gasteiger partial charge on any atom is 0.237 e. The van der Waals surface area contributed by atoms with Crippen molar-refractivity contribution >= 4 is 15.9 Å². The zero-order valence-electron chi connectivity index (χ0n) is 6.33. The highest BCUT2D eigenvalue weighted by atomic mass is 32.2. The third kappa shape index (κ3) is 1.92. The number of rotatable bonds is 2. The molecule has 0 unspecified atom stereocenters. The van der Waals surface area contributed by atoms with Gasteiger partial charge in [-0.1, -0.05) is 6.42 Å². The van der Waals surface area contributed by atoms with E-state index in [1.807, 2.05) is 4.72 Å². The number of carbonyl (C=O) groups excluding carboxylic acids is 1. The summed E-state index contributed by atoms with van der Waals surface area (Å²) in [7, 11) is -3.32. The first kappa shape index (κ1) is 8.52. The normalized spacial score (nSPS) is 19.0. The number of hydrogen-bond donors (Lipinski definition) is 1. The molecule has 0 aliphatic heterocycles. The first-order chi connectivity index (χ1) is 5.02. The lowest BCUT2D eigenvalue weighted by atomic mass is 10.0. The maximum atomic E-state index is 11.1. The second-order valence-corrected chi connectivity index (χ2v) is 4.72. The van der Waals surface area contributed by atoms with Gasteiger partial charge in [-0.3, -0.25) is 9.52 Å². The van der Waals surface area contributed by atoms with Crippen LogP contribution in [0.2, 0.25) is 0 Å². The lowest BCUT2D eigenvalue weighted by Gasteiger charge is -2.24.